The summed E-state index contributed by atoms with van der Waals surface area (Å²) in [6.45, 7) is 0.372. The van der Waals surface area contributed by atoms with Gasteiger partial charge in [-0.05, 0) is 35.4 Å². The summed E-state index contributed by atoms with van der Waals surface area (Å²) >= 11 is 12.1. The number of halogens is 2. The zero-order valence-corrected chi connectivity index (χ0v) is 15.0. The van der Waals surface area contributed by atoms with Gasteiger partial charge in [-0.25, -0.2) is 0 Å². The smallest absolute Gasteiger partial charge is 0.253 e. The number of nitrogens with one attached hydrogen (secondary N) is 1. The SMILES string of the molecule is CN(C)C(=O)c1ccc(CNC(=O)Cc2c(Cl)cccc2Cl)cc1. The number of hydrogen-bond donors (Lipinski definition) is 1. The largest absolute Gasteiger partial charge is 0.352 e. The van der Waals surface area contributed by atoms with Gasteiger partial charge >= 0.3 is 0 Å². The molecule has 1 N–H and O–H groups in total. The summed E-state index contributed by atoms with van der Waals surface area (Å²) in [6, 6.07) is 12.3. The van der Waals surface area contributed by atoms with Crippen LogP contribution in [0.1, 0.15) is 21.5 Å². The Morgan fingerprint density at radius 2 is 1.58 bits per heavy atom. The van der Waals surface area contributed by atoms with Crippen LogP contribution < -0.4 is 5.32 Å². The van der Waals surface area contributed by atoms with Crippen molar-refractivity contribution in [3.05, 3.63) is 69.2 Å². The Labute approximate surface area is 151 Å². The fraction of sp³-hybridized carbons (Fsp3) is 0.222. The Hall–Kier alpha value is -2.04. The molecule has 24 heavy (non-hydrogen) atoms. The molecule has 0 aromatic heterocycles. The second kappa shape index (κ2) is 8.18. The van der Waals surface area contributed by atoms with Crippen molar-refractivity contribution in [2.24, 2.45) is 0 Å². The Morgan fingerprint density at radius 3 is 2.12 bits per heavy atom. The number of amides is 2. The fourth-order valence-corrected chi connectivity index (χ4v) is 2.68. The monoisotopic (exact) mass is 364 g/mol. The van der Waals surface area contributed by atoms with Gasteiger partial charge in [-0.3, -0.25) is 9.59 Å². The van der Waals surface area contributed by atoms with E-state index in [1.807, 2.05) is 12.1 Å². The predicted molar refractivity (Wildman–Crippen MR) is 96.5 cm³/mol. The third kappa shape index (κ3) is 4.73. The van der Waals surface area contributed by atoms with Crippen LogP contribution in [0.25, 0.3) is 0 Å². The molecular weight excluding hydrogens is 347 g/mol. The second-order valence-corrected chi connectivity index (χ2v) is 6.36. The van der Waals surface area contributed by atoms with E-state index in [1.165, 1.54) is 4.90 Å². The standard InChI is InChI=1S/C18H18Cl2N2O2/c1-22(2)18(24)13-8-6-12(7-9-13)11-21-17(23)10-14-15(19)4-3-5-16(14)20/h3-9H,10-11H2,1-2H3,(H,21,23). The highest BCUT2D eigenvalue weighted by atomic mass is 35.5. The van der Waals surface area contributed by atoms with Crippen molar-refractivity contribution >= 4 is 35.0 Å². The molecule has 0 saturated carbocycles. The van der Waals surface area contributed by atoms with Gasteiger partial charge in [-0.1, -0.05) is 41.4 Å². The molecule has 0 fully saturated rings. The molecule has 2 rings (SSSR count). The number of hydrogen-bond acceptors (Lipinski definition) is 2. The van der Waals surface area contributed by atoms with Crippen molar-refractivity contribution < 1.29 is 9.59 Å². The zero-order chi connectivity index (χ0) is 17.7. The highest BCUT2D eigenvalue weighted by Gasteiger charge is 2.11. The summed E-state index contributed by atoms with van der Waals surface area (Å²) < 4.78 is 0. The highest BCUT2D eigenvalue weighted by molar-refractivity contribution is 6.36. The van der Waals surface area contributed by atoms with Crippen LogP contribution in [0.15, 0.2) is 42.5 Å². The molecule has 0 saturated heterocycles. The maximum atomic E-state index is 12.1. The minimum atomic E-state index is -0.168. The minimum Gasteiger partial charge on any atom is -0.352 e. The molecule has 6 heteroatoms. The minimum absolute atomic E-state index is 0.0565. The summed E-state index contributed by atoms with van der Waals surface area (Å²) in [5.74, 6) is -0.225. The normalized spacial score (nSPS) is 10.3. The fourth-order valence-electron chi connectivity index (χ4n) is 2.15. The van der Waals surface area contributed by atoms with Crippen LogP contribution in [0.2, 0.25) is 10.0 Å². The van der Waals surface area contributed by atoms with Crippen molar-refractivity contribution in [1.82, 2.24) is 10.2 Å². The maximum Gasteiger partial charge on any atom is 0.253 e. The van der Waals surface area contributed by atoms with E-state index in [9.17, 15) is 9.59 Å². The van der Waals surface area contributed by atoms with E-state index >= 15 is 0 Å². The molecule has 0 bridgehead atoms. The average Bonchev–Trinajstić information content (AvgIpc) is 2.56. The van der Waals surface area contributed by atoms with Crippen LogP contribution in [0.4, 0.5) is 0 Å². The quantitative estimate of drug-likeness (QED) is 0.881. The summed E-state index contributed by atoms with van der Waals surface area (Å²) in [7, 11) is 3.41. The van der Waals surface area contributed by atoms with Crippen LogP contribution in [0, 0.1) is 0 Å². The number of rotatable bonds is 5. The summed E-state index contributed by atoms with van der Waals surface area (Å²) in [5, 5.41) is 3.77. The summed E-state index contributed by atoms with van der Waals surface area (Å²) in [6.07, 6.45) is 0.121. The van der Waals surface area contributed by atoms with E-state index in [2.05, 4.69) is 5.32 Å². The van der Waals surface area contributed by atoms with E-state index < -0.39 is 0 Å². The Morgan fingerprint density at radius 1 is 1.00 bits per heavy atom. The van der Waals surface area contributed by atoms with Crippen LogP contribution in [0.5, 0.6) is 0 Å². The number of nitrogens with zero attached hydrogens (tertiary/aromatic N) is 1. The van der Waals surface area contributed by atoms with Crippen LogP contribution in [-0.2, 0) is 17.8 Å². The molecule has 0 aliphatic heterocycles. The Kier molecular flexibility index (Phi) is 6.23. The number of carbonyl (C=O) groups is 2. The van der Waals surface area contributed by atoms with Gasteiger partial charge in [0.2, 0.25) is 5.91 Å². The van der Waals surface area contributed by atoms with E-state index in [1.54, 1.807) is 44.4 Å². The first-order valence-electron chi connectivity index (χ1n) is 7.38. The highest BCUT2D eigenvalue weighted by Crippen LogP contribution is 2.24. The molecule has 0 aliphatic rings. The van der Waals surface area contributed by atoms with Gasteiger partial charge < -0.3 is 10.2 Å². The van der Waals surface area contributed by atoms with E-state index in [4.69, 9.17) is 23.2 Å². The zero-order valence-electron chi connectivity index (χ0n) is 13.5. The van der Waals surface area contributed by atoms with Crippen molar-refractivity contribution in [2.75, 3.05) is 14.1 Å². The van der Waals surface area contributed by atoms with Crippen molar-refractivity contribution in [2.45, 2.75) is 13.0 Å². The Balaban J connectivity index is 1.93. The first kappa shape index (κ1) is 18.3. The second-order valence-electron chi connectivity index (χ2n) is 5.55. The molecule has 2 amide bonds. The molecule has 0 atom stereocenters. The number of carbonyl (C=O) groups excluding carboxylic acids is 2. The first-order valence-corrected chi connectivity index (χ1v) is 8.14. The molecule has 2 aromatic rings. The maximum absolute atomic E-state index is 12.1. The molecular formula is C18H18Cl2N2O2. The predicted octanol–water partition coefficient (Wildman–Crippen LogP) is 3.55. The molecule has 0 heterocycles. The van der Waals surface area contributed by atoms with Gasteiger partial charge in [-0.15, -0.1) is 0 Å². The lowest BCUT2D eigenvalue weighted by molar-refractivity contribution is -0.120. The van der Waals surface area contributed by atoms with Crippen molar-refractivity contribution in [1.29, 1.82) is 0 Å². The van der Waals surface area contributed by atoms with Crippen LogP contribution >= 0.6 is 23.2 Å². The van der Waals surface area contributed by atoms with Crippen molar-refractivity contribution in [3.8, 4) is 0 Å². The third-order valence-electron chi connectivity index (χ3n) is 3.50. The van der Waals surface area contributed by atoms with Crippen LogP contribution in [0.3, 0.4) is 0 Å². The lowest BCUT2D eigenvalue weighted by atomic mass is 10.1. The van der Waals surface area contributed by atoms with Gasteiger partial charge in [0.25, 0.3) is 5.91 Å². The lowest BCUT2D eigenvalue weighted by Crippen LogP contribution is -2.25. The van der Waals surface area contributed by atoms with Gasteiger partial charge in [0, 0.05) is 36.2 Å². The first-order chi connectivity index (χ1) is 11.4. The molecule has 0 spiro atoms. The summed E-state index contributed by atoms with van der Waals surface area (Å²) in [5.41, 5.74) is 2.13. The molecule has 0 unspecified atom stereocenters. The molecule has 2 aromatic carbocycles. The third-order valence-corrected chi connectivity index (χ3v) is 4.20. The topological polar surface area (TPSA) is 49.4 Å². The summed E-state index contributed by atoms with van der Waals surface area (Å²) in [4.78, 5) is 25.4. The van der Waals surface area contributed by atoms with Gasteiger partial charge in [-0.2, -0.15) is 0 Å². The number of benzene rings is 2. The molecule has 126 valence electrons. The van der Waals surface area contributed by atoms with Gasteiger partial charge in [0.15, 0.2) is 0 Å². The van der Waals surface area contributed by atoms with E-state index in [0.29, 0.717) is 27.7 Å². The van der Waals surface area contributed by atoms with E-state index in [0.717, 1.165) is 5.56 Å². The Bertz CT molecular complexity index is 723. The van der Waals surface area contributed by atoms with Crippen LogP contribution in [-0.4, -0.2) is 30.8 Å². The van der Waals surface area contributed by atoms with Gasteiger partial charge in [0.05, 0.1) is 6.42 Å². The molecule has 4 nitrogen and oxygen atoms in total. The van der Waals surface area contributed by atoms with Crippen molar-refractivity contribution in [3.63, 3.8) is 0 Å². The van der Waals surface area contributed by atoms with E-state index in [-0.39, 0.29) is 18.2 Å². The average molecular weight is 365 g/mol. The molecule has 0 radical (unpaired) electrons. The lowest BCUT2D eigenvalue weighted by Gasteiger charge is -2.11. The molecule has 0 aliphatic carbocycles. The van der Waals surface area contributed by atoms with Gasteiger partial charge in [0.1, 0.15) is 0 Å².